The topological polar surface area (TPSA) is 149 Å². The Balaban J connectivity index is 2.20. The van der Waals surface area contributed by atoms with Crippen LogP contribution in [0.15, 0.2) is 50.4 Å². The van der Waals surface area contributed by atoms with Crippen molar-refractivity contribution < 1.29 is 9.90 Å². The average Bonchev–Trinajstić information content (AvgIpc) is 2.84. The minimum absolute atomic E-state index is 0.0768. The number of amides is 1. The van der Waals surface area contributed by atoms with Gasteiger partial charge in [0.25, 0.3) is 0 Å². The molecule has 0 aliphatic carbocycles. The van der Waals surface area contributed by atoms with Gasteiger partial charge in [-0.05, 0) is 58.0 Å². The number of nitrogens with two attached hydrogens (primary N) is 1. The van der Waals surface area contributed by atoms with Crippen molar-refractivity contribution in [3.63, 3.8) is 0 Å². The van der Waals surface area contributed by atoms with Gasteiger partial charge in [-0.3, -0.25) is 9.79 Å². The van der Waals surface area contributed by atoms with Crippen LogP contribution in [-0.4, -0.2) is 62.3 Å². The first-order chi connectivity index (χ1) is 17.0. The molecule has 0 spiro atoms. The molecular formula is C25H44N8O2. The predicted molar refractivity (Wildman–Crippen MR) is 145 cm³/mol. The van der Waals surface area contributed by atoms with E-state index in [1.807, 2.05) is 0 Å². The molecular weight excluding hydrogens is 444 g/mol. The number of carbonyl (C=O) groups is 1. The van der Waals surface area contributed by atoms with Gasteiger partial charge in [0.15, 0.2) is 18.0 Å². The van der Waals surface area contributed by atoms with Gasteiger partial charge in [-0.1, -0.05) is 38.8 Å². The molecule has 10 nitrogen and oxygen atoms in total. The van der Waals surface area contributed by atoms with Crippen molar-refractivity contribution in [2.24, 2.45) is 20.7 Å². The van der Waals surface area contributed by atoms with Gasteiger partial charge in [-0.25, -0.2) is 9.98 Å². The third-order valence-corrected chi connectivity index (χ3v) is 5.10. The lowest BCUT2D eigenvalue weighted by Gasteiger charge is -2.18. The average molecular weight is 489 g/mol. The fourth-order valence-electron chi connectivity index (χ4n) is 3.23. The van der Waals surface area contributed by atoms with Crippen molar-refractivity contribution in [1.82, 2.24) is 21.3 Å². The predicted octanol–water partition coefficient (Wildman–Crippen LogP) is 2.06. The Morgan fingerprint density at radius 3 is 2.74 bits per heavy atom. The standard InChI is InChI=1S/C25H44N8O2/c1-4-6-14-21(34)30-17-10-7-9-15-28-16-11-8-13-20(12-5-2)29-18-19-31-22-23(27-3)32-25(26)33-24(22)35/h8,12-13,19,24,28-29,35H,3-7,9-11,14-18H2,1-2H3,(H,30,34)(H3,26,32,33)/b13-8-,20-12+,31-19?. The molecule has 35 heavy (non-hydrogen) atoms. The number of rotatable bonds is 19. The van der Waals surface area contributed by atoms with E-state index in [0.717, 1.165) is 70.3 Å². The molecule has 1 heterocycles. The number of nitrogens with one attached hydrogen (secondary N) is 4. The summed E-state index contributed by atoms with van der Waals surface area (Å²) in [6.45, 7) is 10.8. The number of guanidine groups is 1. The largest absolute Gasteiger partial charge is 0.380 e. The van der Waals surface area contributed by atoms with Crippen LogP contribution in [0.1, 0.15) is 65.2 Å². The van der Waals surface area contributed by atoms with Crippen LogP contribution in [0.2, 0.25) is 0 Å². The highest BCUT2D eigenvalue weighted by atomic mass is 16.3. The molecule has 0 saturated heterocycles. The Labute approximate surface area is 210 Å². The molecule has 1 unspecified atom stereocenters. The smallest absolute Gasteiger partial charge is 0.219 e. The number of hydrogen-bond acceptors (Lipinski definition) is 9. The molecule has 1 aliphatic rings. The Morgan fingerprint density at radius 2 is 2.00 bits per heavy atom. The van der Waals surface area contributed by atoms with Crippen molar-refractivity contribution in [2.45, 2.75) is 71.4 Å². The van der Waals surface area contributed by atoms with E-state index in [1.54, 1.807) is 6.21 Å². The molecule has 0 aromatic rings. The van der Waals surface area contributed by atoms with Gasteiger partial charge in [0.1, 0.15) is 5.70 Å². The first-order valence-electron chi connectivity index (χ1n) is 12.6. The fraction of sp³-hybridized carbons (Fsp3) is 0.600. The van der Waals surface area contributed by atoms with Gasteiger partial charge in [0.05, 0.1) is 6.54 Å². The maximum Gasteiger partial charge on any atom is 0.219 e. The highest BCUT2D eigenvalue weighted by molar-refractivity contribution is 5.81. The van der Waals surface area contributed by atoms with E-state index >= 15 is 0 Å². The minimum atomic E-state index is -1.16. The van der Waals surface area contributed by atoms with E-state index in [1.165, 1.54) is 0 Å². The Morgan fingerprint density at radius 1 is 1.20 bits per heavy atom. The summed E-state index contributed by atoms with van der Waals surface area (Å²) < 4.78 is 0. The van der Waals surface area contributed by atoms with E-state index in [4.69, 9.17) is 5.73 Å². The lowest BCUT2D eigenvalue weighted by atomic mass is 10.2. The molecule has 0 fully saturated rings. The number of allylic oxidation sites excluding steroid dienone is 2. The van der Waals surface area contributed by atoms with Gasteiger partial charge in [-0.2, -0.15) is 0 Å². The van der Waals surface area contributed by atoms with Crippen molar-refractivity contribution >= 4 is 24.8 Å². The van der Waals surface area contributed by atoms with Crippen LogP contribution in [0.5, 0.6) is 0 Å². The molecule has 0 bridgehead atoms. The van der Waals surface area contributed by atoms with Gasteiger partial charge in [0, 0.05) is 24.9 Å². The summed E-state index contributed by atoms with van der Waals surface area (Å²) in [6, 6.07) is 0. The number of aliphatic hydroxyl groups is 1. The summed E-state index contributed by atoms with van der Waals surface area (Å²) in [7, 11) is 0. The van der Waals surface area contributed by atoms with E-state index < -0.39 is 6.23 Å². The van der Waals surface area contributed by atoms with Crippen LogP contribution in [-0.2, 0) is 4.79 Å². The maximum absolute atomic E-state index is 11.5. The van der Waals surface area contributed by atoms with E-state index in [-0.39, 0.29) is 17.6 Å². The zero-order valence-corrected chi connectivity index (χ0v) is 21.4. The normalized spacial score (nSPS) is 16.5. The summed E-state index contributed by atoms with van der Waals surface area (Å²) in [6.07, 6.45) is 14.6. The second-order valence-corrected chi connectivity index (χ2v) is 8.12. The number of aliphatic imine (C=N–C) groups is 3. The second kappa shape index (κ2) is 19.3. The number of carbonyl (C=O) groups excluding carboxylic acids is 1. The molecule has 0 radical (unpaired) electrons. The van der Waals surface area contributed by atoms with E-state index in [0.29, 0.717) is 18.8 Å². The zero-order valence-electron chi connectivity index (χ0n) is 21.4. The molecule has 1 rings (SSSR count). The van der Waals surface area contributed by atoms with Crippen molar-refractivity contribution in [3.8, 4) is 0 Å². The number of aliphatic hydroxyl groups excluding tert-OH is 1. The van der Waals surface area contributed by atoms with Gasteiger partial charge in [0.2, 0.25) is 5.91 Å². The molecule has 10 heteroatoms. The van der Waals surface area contributed by atoms with Crippen LogP contribution in [0.4, 0.5) is 0 Å². The lowest BCUT2D eigenvalue weighted by Crippen LogP contribution is -2.37. The molecule has 196 valence electrons. The summed E-state index contributed by atoms with van der Waals surface area (Å²) in [5.41, 5.74) is 6.86. The highest BCUT2D eigenvalue weighted by Crippen LogP contribution is 2.14. The van der Waals surface area contributed by atoms with Gasteiger partial charge in [-0.15, -0.1) is 0 Å². The minimum Gasteiger partial charge on any atom is -0.380 e. The lowest BCUT2D eigenvalue weighted by molar-refractivity contribution is -0.121. The quantitative estimate of drug-likeness (QED) is 0.0931. The molecule has 1 amide bonds. The Hall–Kier alpha value is -2.98. The van der Waals surface area contributed by atoms with Crippen molar-refractivity contribution in [2.75, 3.05) is 26.2 Å². The monoisotopic (exact) mass is 488 g/mol. The summed E-state index contributed by atoms with van der Waals surface area (Å²) >= 11 is 0. The van der Waals surface area contributed by atoms with Crippen LogP contribution in [0.25, 0.3) is 0 Å². The fourth-order valence-corrected chi connectivity index (χ4v) is 3.23. The first-order valence-corrected chi connectivity index (χ1v) is 12.6. The highest BCUT2D eigenvalue weighted by Gasteiger charge is 2.19. The SMILES string of the molecule is C=NC1=C(N=CCNC(/C=C\CCNCCCCCNC(=O)CCCC)=C/CC)C(O)N=C(N)N1. The molecule has 0 saturated carbocycles. The van der Waals surface area contributed by atoms with Crippen LogP contribution in [0.3, 0.4) is 0 Å². The second-order valence-electron chi connectivity index (χ2n) is 8.12. The van der Waals surface area contributed by atoms with Gasteiger partial charge >= 0.3 is 0 Å². The molecule has 0 aromatic carbocycles. The van der Waals surface area contributed by atoms with E-state index in [9.17, 15) is 9.90 Å². The Kier molecular flexibility index (Phi) is 16.6. The van der Waals surface area contributed by atoms with Crippen molar-refractivity contribution in [3.05, 3.63) is 35.4 Å². The van der Waals surface area contributed by atoms with Gasteiger partial charge < -0.3 is 32.1 Å². The Bertz CT molecular complexity index is 786. The number of unbranched alkanes of at least 4 members (excludes halogenated alkanes) is 3. The molecule has 1 atom stereocenters. The molecule has 0 aromatic heterocycles. The molecule has 1 aliphatic heterocycles. The third kappa shape index (κ3) is 14.1. The van der Waals surface area contributed by atoms with Crippen LogP contribution in [0, 0.1) is 0 Å². The van der Waals surface area contributed by atoms with Crippen molar-refractivity contribution in [1.29, 1.82) is 0 Å². The summed E-state index contributed by atoms with van der Waals surface area (Å²) in [5, 5.41) is 22.5. The maximum atomic E-state index is 11.5. The van der Waals surface area contributed by atoms with Crippen LogP contribution >= 0.6 is 0 Å². The summed E-state index contributed by atoms with van der Waals surface area (Å²) in [4.78, 5) is 23.4. The first kappa shape index (κ1) is 30.1. The summed E-state index contributed by atoms with van der Waals surface area (Å²) in [5.74, 6) is 0.548. The molecule has 7 N–H and O–H groups in total. The third-order valence-electron chi connectivity index (χ3n) is 5.10. The van der Waals surface area contributed by atoms with Crippen LogP contribution < -0.4 is 27.0 Å². The number of hydrogen-bond donors (Lipinski definition) is 6. The number of nitrogens with zero attached hydrogens (tertiary/aromatic N) is 3. The van der Waals surface area contributed by atoms with E-state index in [2.05, 4.69) is 75.0 Å². The zero-order chi connectivity index (χ0) is 25.7.